The second kappa shape index (κ2) is 5.71. The van der Waals surface area contributed by atoms with Crippen LogP contribution in [0.1, 0.15) is 52.9 Å². The van der Waals surface area contributed by atoms with Crippen LogP contribution in [0.3, 0.4) is 0 Å². The molecular weight excluding hydrogens is 210 g/mol. The predicted octanol–water partition coefficient (Wildman–Crippen LogP) is 3.21. The van der Waals surface area contributed by atoms with E-state index in [-0.39, 0.29) is 0 Å². The molecule has 2 aliphatic rings. The molecule has 0 aromatic heterocycles. The lowest BCUT2D eigenvalue weighted by molar-refractivity contribution is 0.00701. The molecule has 0 aromatic carbocycles. The van der Waals surface area contributed by atoms with Crippen molar-refractivity contribution in [1.82, 2.24) is 5.32 Å². The van der Waals surface area contributed by atoms with E-state index in [2.05, 4.69) is 33.1 Å². The first-order chi connectivity index (χ1) is 8.10. The molecule has 1 saturated carbocycles. The van der Waals surface area contributed by atoms with Crippen molar-refractivity contribution in [2.45, 2.75) is 71.1 Å². The summed E-state index contributed by atoms with van der Waals surface area (Å²) in [5, 5.41) is 3.55. The fourth-order valence-corrected chi connectivity index (χ4v) is 4.13. The smallest absolute Gasteiger partial charge is 0.0735 e. The molecule has 5 unspecified atom stereocenters. The van der Waals surface area contributed by atoms with E-state index in [4.69, 9.17) is 4.74 Å². The number of rotatable bonds is 3. The third-order valence-electron chi connectivity index (χ3n) is 4.72. The Bertz CT molecular complexity index is 233. The summed E-state index contributed by atoms with van der Waals surface area (Å²) < 4.78 is 6.08. The van der Waals surface area contributed by atoms with E-state index in [1.54, 1.807) is 0 Å². The molecule has 0 spiro atoms. The zero-order valence-electron chi connectivity index (χ0n) is 11.9. The Morgan fingerprint density at radius 3 is 2.12 bits per heavy atom. The molecular formula is C15H29NO. The second-order valence-corrected chi connectivity index (χ2v) is 6.55. The predicted molar refractivity (Wildman–Crippen MR) is 72.1 cm³/mol. The number of hydrogen-bond donors (Lipinski definition) is 1. The number of nitrogens with one attached hydrogen (secondary N) is 1. The Balaban J connectivity index is 1.97. The number of likely N-dealkylation sites (N-methyl/N-ethyl adjacent to an activating group) is 1. The lowest BCUT2D eigenvalue weighted by Crippen LogP contribution is -2.46. The monoisotopic (exact) mass is 239 g/mol. The summed E-state index contributed by atoms with van der Waals surface area (Å²) in [6, 6.07) is 0.574. The van der Waals surface area contributed by atoms with Gasteiger partial charge in [0.1, 0.15) is 0 Å². The van der Waals surface area contributed by atoms with Crippen molar-refractivity contribution in [2.24, 2.45) is 17.8 Å². The van der Waals surface area contributed by atoms with E-state index in [9.17, 15) is 0 Å². The maximum Gasteiger partial charge on any atom is 0.0735 e. The van der Waals surface area contributed by atoms with Crippen LogP contribution in [-0.4, -0.2) is 25.3 Å². The summed E-state index contributed by atoms with van der Waals surface area (Å²) in [6.45, 7) is 7.03. The summed E-state index contributed by atoms with van der Waals surface area (Å²) in [4.78, 5) is 0. The molecule has 100 valence electrons. The highest BCUT2D eigenvalue weighted by atomic mass is 16.5. The average Bonchev–Trinajstić information content (AvgIpc) is 2.64. The topological polar surface area (TPSA) is 21.3 Å². The van der Waals surface area contributed by atoms with Crippen LogP contribution in [-0.2, 0) is 4.74 Å². The van der Waals surface area contributed by atoms with E-state index >= 15 is 0 Å². The van der Waals surface area contributed by atoms with Gasteiger partial charge in [0.05, 0.1) is 12.2 Å². The van der Waals surface area contributed by atoms with Crippen LogP contribution in [0.5, 0.6) is 0 Å². The van der Waals surface area contributed by atoms with Gasteiger partial charge in [0.25, 0.3) is 0 Å². The first-order valence-electron chi connectivity index (χ1n) is 7.42. The van der Waals surface area contributed by atoms with Gasteiger partial charge in [-0.15, -0.1) is 0 Å². The van der Waals surface area contributed by atoms with Crippen molar-refractivity contribution in [3.8, 4) is 0 Å². The molecule has 0 bridgehead atoms. The van der Waals surface area contributed by atoms with Crippen LogP contribution in [0.15, 0.2) is 0 Å². The standard InChI is InChI=1S/C15H29NO/c1-10-7-11(2)9-13(8-10)15(16-4)14-6-5-12(3)17-14/h10-16H,5-9H2,1-4H3. The van der Waals surface area contributed by atoms with Gasteiger partial charge in [-0.05, 0) is 63.8 Å². The number of ether oxygens (including phenoxy) is 1. The van der Waals surface area contributed by atoms with Crippen molar-refractivity contribution in [3.63, 3.8) is 0 Å². The van der Waals surface area contributed by atoms with E-state index in [1.807, 2.05) is 0 Å². The van der Waals surface area contributed by atoms with Gasteiger partial charge in [0.15, 0.2) is 0 Å². The molecule has 1 saturated heterocycles. The minimum atomic E-state index is 0.456. The third-order valence-corrected chi connectivity index (χ3v) is 4.72. The molecule has 0 aromatic rings. The average molecular weight is 239 g/mol. The second-order valence-electron chi connectivity index (χ2n) is 6.55. The fourth-order valence-electron chi connectivity index (χ4n) is 4.13. The van der Waals surface area contributed by atoms with E-state index in [0.717, 1.165) is 17.8 Å². The van der Waals surface area contributed by atoms with Gasteiger partial charge < -0.3 is 10.1 Å². The molecule has 2 fully saturated rings. The largest absolute Gasteiger partial charge is 0.374 e. The van der Waals surface area contributed by atoms with Gasteiger partial charge in [-0.2, -0.15) is 0 Å². The molecule has 1 aliphatic heterocycles. The van der Waals surface area contributed by atoms with Gasteiger partial charge in [0.2, 0.25) is 0 Å². The fraction of sp³-hybridized carbons (Fsp3) is 1.00. The summed E-state index contributed by atoms with van der Waals surface area (Å²) in [5.41, 5.74) is 0. The molecule has 2 nitrogen and oxygen atoms in total. The van der Waals surface area contributed by atoms with Crippen LogP contribution in [0, 0.1) is 17.8 Å². The Kier molecular flexibility index (Phi) is 4.48. The highest BCUT2D eigenvalue weighted by molar-refractivity contribution is 4.90. The van der Waals surface area contributed by atoms with E-state index in [0.29, 0.717) is 18.2 Å². The quantitative estimate of drug-likeness (QED) is 0.816. The molecule has 2 heteroatoms. The molecule has 17 heavy (non-hydrogen) atoms. The Morgan fingerprint density at radius 1 is 1.00 bits per heavy atom. The van der Waals surface area contributed by atoms with Crippen LogP contribution < -0.4 is 5.32 Å². The highest BCUT2D eigenvalue weighted by Gasteiger charge is 2.36. The van der Waals surface area contributed by atoms with Crippen molar-refractivity contribution < 1.29 is 4.74 Å². The Hall–Kier alpha value is -0.0800. The van der Waals surface area contributed by atoms with Crippen molar-refractivity contribution in [3.05, 3.63) is 0 Å². The SMILES string of the molecule is CNC(C1CC(C)CC(C)C1)C1CCC(C)O1. The highest BCUT2D eigenvalue weighted by Crippen LogP contribution is 2.37. The van der Waals surface area contributed by atoms with Gasteiger partial charge in [0, 0.05) is 6.04 Å². The summed E-state index contributed by atoms with van der Waals surface area (Å²) >= 11 is 0. The van der Waals surface area contributed by atoms with Crippen molar-refractivity contribution in [1.29, 1.82) is 0 Å². The third kappa shape index (κ3) is 3.23. The molecule has 1 heterocycles. The minimum Gasteiger partial charge on any atom is -0.374 e. The molecule has 0 radical (unpaired) electrons. The summed E-state index contributed by atoms with van der Waals surface area (Å²) in [6.07, 6.45) is 7.57. The summed E-state index contributed by atoms with van der Waals surface area (Å²) in [7, 11) is 2.11. The van der Waals surface area contributed by atoms with Gasteiger partial charge in [-0.1, -0.05) is 13.8 Å². The number of hydrogen-bond acceptors (Lipinski definition) is 2. The van der Waals surface area contributed by atoms with Crippen molar-refractivity contribution >= 4 is 0 Å². The Labute approximate surface area is 107 Å². The molecule has 1 aliphatic carbocycles. The first kappa shape index (κ1) is 13.4. The first-order valence-corrected chi connectivity index (χ1v) is 7.42. The summed E-state index contributed by atoms with van der Waals surface area (Å²) in [5.74, 6) is 2.59. The van der Waals surface area contributed by atoms with E-state index in [1.165, 1.54) is 32.1 Å². The van der Waals surface area contributed by atoms with Crippen LogP contribution in [0.25, 0.3) is 0 Å². The van der Waals surface area contributed by atoms with Crippen LogP contribution >= 0.6 is 0 Å². The Morgan fingerprint density at radius 2 is 1.65 bits per heavy atom. The van der Waals surface area contributed by atoms with Gasteiger partial charge >= 0.3 is 0 Å². The molecule has 2 rings (SSSR count). The zero-order chi connectivity index (χ0) is 12.4. The van der Waals surface area contributed by atoms with Gasteiger partial charge in [-0.3, -0.25) is 0 Å². The minimum absolute atomic E-state index is 0.456. The maximum atomic E-state index is 6.08. The lowest BCUT2D eigenvalue weighted by atomic mass is 9.72. The lowest BCUT2D eigenvalue weighted by Gasteiger charge is -2.38. The zero-order valence-corrected chi connectivity index (χ0v) is 11.9. The van der Waals surface area contributed by atoms with Crippen molar-refractivity contribution in [2.75, 3.05) is 7.05 Å². The molecule has 0 amide bonds. The van der Waals surface area contributed by atoms with Gasteiger partial charge in [-0.25, -0.2) is 0 Å². The van der Waals surface area contributed by atoms with Crippen LogP contribution in [0.4, 0.5) is 0 Å². The normalized spacial score (nSPS) is 44.8. The molecule has 5 atom stereocenters. The van der Waals surface area contributed by atoms with Crippen LogP contribution in [0.2, 0.25) is 0 Å². The maximum absolute atomic E-state index is 6.08. The molecule has 1 N–H and O–H groups in total. The van der Waals surface area contributed by atoms with E-state index < -0.39 is 0 Å².